The smallest absolute Gasteiger partial charge is 0.307 e. The molecule has 0 bridgehead atoms. The number of carboxylic acids is 1. The summed E-state index contributed by atoms with van der Waals surface area (Å²) in [6, 6.07) is 4.63. The Kier molecular flexibility index (Phi) is 4.18. The van der Waals surface area contributed by atoms with E-state index in [1.54, 1.807) is 11.3 Å². The second-order valence-electron chi connectivity index (χ2n) is 4.61. The van der Waals surface area contributed by atoms with Gasteiger partial charge in [-0.15, -0.1) is 11.3 Å². The first kappa shape index (κ1) is 12.6. The van der Waals surface area contributed by atoms with Gasteiger partial charge in [0.15, 0.2) is 0 Å². The molecular formula is C13H19NO2S. The number of hydrogen-bond donors (Lipinski definition) is 1. The van der Waals surface area contributed by atoms with E-state index in [1.165, 1.54) is 4.88 Å². The van der Waals surface area contributed by atoms with Gasteiger partial charge in [0.2, 0.25) is 0 Å². The monoisotopic (exact) mass is 253 g/mol. The van der Waals surface area contributed by atoms with E-state index < -0.39 is 5.97 Å². The third kappa shape index (κ3) is 2.87. The van der Waals surface area contributed by atoms with Crippen LogP contribution in [0.5, 0.6) is 0 Å². The minimum Gasteiger partial charge on any atom is -0.481 e. The van der Waals surface area contributed by atoms with Crippen molar-refractivity contribution in [2.24, 2.45) is 5.92 Å². The molecule has 2 heterocycles. The van der Waals surface area contributed by atoms with Crippen LogP contribution in [-0.4, -0.2) is 29.1 Å². The van der Waals surface area contributed by atoms with E-state index in [1.807, 2.05) is 0 Å². The first-order valence-electron chi connectivity index (χ1n) is 6.22. The number of nitrogens with zero attached hydrogens (tertiary/aromatic N) is 1. The summed E-state index contributed by atoms with van der Waals surface area (Å²) in [6.07, 6.45) is 2.87. The summed E-state index contributed by atoms with van der Waals surface area (Å²) < 4.78 is 0. The summed E-state index contributed by atoms with van der Waals surface area (Å²) in [7, 11) is 0. The van der Waals surface area contributed by atoms with E-state index >= 15 is 0 Å². The van der Waals surface area contributed by atoms with Gasteiger partial charge in [0.1, 0.15) is 0 Å². The third-order valence-electron chi connectivity index (χ3n) is 3.50. The maximum atomic E-state index is 11.1. The molecule has 4 heteroatoms. The van der Waals surface area contributed by atoms with E-state index in [2.05, 4.69) is 29.3 Å². The average molecular weight is 253 g/mol. The minimum atomic E-state index is -0.643. The minimum absolute atomic E-state index is 0.183. The maximum Gasteiger partial charge on any atom is 0.307 e. The van der Waals surface area contributed by atoms with E-state index in [0.717, 1.165) is 25.8 Å². The summed E-state index contributed by atoms with van der Waals surface area (Å²) in [5.74, 6) is -0.825. The number of carboxylic acid groups (broad SMARTS) is 1. The summed E-state index contributed by atoms with van der Waals surface area (Å²) in [6.45, 7) is 3.90. The van der Waals surface area contributed by atoms with Crippen molar-refractivity contribution in [2.75, 3.05) is 13.1 Å². The highest BCUT2D eigenvalue weighted by Gasteiger charge is 2.29. The fraction of sp³-hybridized carbons (Fsp3) is 0.615. The molecule has 0 aliphatic carbocycles. The van der Waals surface area contributed by atoms with Crippen LogP contribution in [0.25, 0.3) is 0 Å². The molecule has 17 heavy (non-hydrogen) atoms. The predicted octanol–water partition coefficient (Wildman–Crippen LogP) is 3.00. The molecule has 94 valence electrons. The molecule has 0 radical (unpaired) electrons. The third-order valence-corrected chi connectivity index (χ3v) is 4.47. The van der Waals surface area contributed by atoms with Crippen molar-refractivity contribution in [3.05, 3.63) is 22.4 Å². The van der Waals surface area contributed by atoms with Gasteiger partial charge in [-0.2, -0.15) is 0 Å². The van der Waals surface area contributed by atoms with Crippen LogP contribution in [-0.2, 0) is 4.79 Å². The predicted molar refractivity (Wildman–Crippen MR) is 69.3 cm³/mol. The number of piperidine rings is 1. The molecule has 1 aromatic rings. The molecule has 2 unspecified atom stereocenters. The first-order valence-corrected chi connectivity index (χ1v) is 7.10. The molecule has 0 spiro atoms. The number of aliphatic carboxylic acids is 1. The Morgan fingerprint density at radius 2 is 2.53 bits per heavy atom. The fourth-order valence-corrected chi connectivity index (χ4v) is 3.56. The highest BCUT2D eigenvalue weighted by molar-refractivity contribution is 7.10. The van der Waals surface area contributed by atoms with Gasteiger partial charge in [-0.05, 0) is 37.3 Å². The van der Waals surface area contributed by atoms with Crippen LogP contribution in [0.15, 0.2) is 17.5 Å². The van der Waals surface area contributed by atoms with Gasteiger partial charge in [0.25, 0.3) is 0 Å². The Hall–Kier alpha value is -0.870. The number of thiophene rings is 1. The molecule has 3 nitrogen and oxygen atoms in total. The van der Waals surface area contributed by atoms with Crippen LogP contribution in [0, 0.1) is 5.92 Å². The van der Waals surface area contributed by atoms with Gasteiger partial charge in [-0.3, -0.25) is 9.69 Å². The summed E-state index contributed by atoms with van der Waals surface area (Å²) in [5.41, 5.74) is 0. The van der Waals surface area contributed by atoms with Crippen LogP contribution in [0.2, 0.25) is 0 Å². The lowest BCUT2D eigenvalue weighted by molar-refractivity contribution is -0.144. The van der Waals surface area contributed by atoms with Gasteiger partial charge in [0.05, 0.1) is 5.92 Å². The van der Waals surface area contributed by atoms with Crippen molar-refractivity contribution in [1.82, 2.24) is 4.90 Å². The molecule has 0 saturated carbocycles. The lowest BCUT2D eigenvalue weighted by Crippen LogP contribution is -2.40. The van der Waals surface area contributed by atoms with Crippen molar-refractivity contribution >= 4 is 17.3 Å². The van der Waals surface area contributed by atoms with E-state index in [9.17, 15) is 4.79 Å². The number of hydrogen-bond acceptors (Lipinski definition) is 3. The van der Waals surface area contributed by atoms with Crippen molar-refractivity contribution < 1.29 is 9.90 Å². The van der Waals surface area contributed by atoms with Crippen molar-refractivity contribution in [3.8, 4) is 0 Å². The van der Waals surface area contributed by atoms with Gasteiger partial charge >= 0.3 is 5.97 Å². The van der Waals surface area contributed by atoms with Crippen LogP contribution >= 0.6 is 11.3 Å². The van der Waals surface area contributed by atoms with Gasteiger partial charge < -0.3 is 5.11 Å². The molecule has 0 amide bonds. The van der Waals surface area contributed by atoms with Crippen LogP contribution in [0.3, 0.4) is 0 Å². The van der Waals surface area contributed by atoms with Crippen molar-refractivity contribution in [1.29, 1.82) is 0 Å². The lowest BCUT2D eigenvalue weighted by atomic mass is 9.96. The zero-order chi connectivity index (χ0) is 12.3. The molecule has 2 atom stereocenters. The van der Waals surface area contributed by atoms with Crippen LogP contribution < -0.4 is 0 Å². The molecule has 1 aliphatic rings. The maximum absolute atomic E-state index is 11.1. The molecule has 1 N–H and O–H groups in total. The van der Waals surface area contributed by atoms with Crippen molar-refractivity contribution in [2.45, 2.75) is 32.2 Å². The largest absolute Gasteiger partial charge is 0.481 e. The van der Waals surface area contributed by atoms with Crippen LogP contribution in [0.1, 0.15) is 37.1 Å². The lowest BCUT2D eigenvalue weighted by Gasteiger charge is -2.36. The van der Waals surface area contributed by atoms with Gasteiger partial charge in [-0.1, -0.05) is 13.0 Å². The standard InChI is InChI=1S/C13H19NO2S/c1-2-11(12-6-4-8-17-12)14-7-3-5-10(9-14)13(15)16/h4,6,8,10-11H,2-3,5,7,9H2,1H3,(H,15,16). The number of rotatable bonds is 4. The molecule has 1 saturated heterocycles. The number of likely N-dealkylation sites (tertiary alicyclic amines) is 1. The van der Waals surface area contributed by atoms with Gasteiger partial charge in [-0.25, -0.2) is 0 Å². The SMILES string of the molecule is CCC(c1cccs1)N1CCCC(C(=O)O)C1. The Labute approximate surface area is 106 Å². The first-order chi connectivity index (χ1) is 8.22. The Morgan fingerprint density at radius 3 is 3.12 bits per heavy atom. The topological polar surface area (TPSA) is 40.5 Å². The molecule has 1 aromatic heterocycles. The summed E-state index contributed by atoms with van der Waals surface area (Å²) >= 11 is 1.77. The Morgan fingerprint density at radius 1 is 1.71 bits per heavy atom. The summed E-state index contributed by atoms with van der Waals surface area (Å²) in [4.78, 5) is 14.8. The van der Waals surface area contributed by atoms with E-state index in [0.29, 0.717) is 12.6 Å². The molecular weight excluding hydrogens is 234 g/mol. The quantitative estimate of drug-likeness (QED) is 0.896. The highest BCUT2D eigenvalue weighted by atomic mass is 32.1. The molecule has 0 aromatic carbocycles. The zero-order valence-electron chi connectivity index (χ0n) is 10.1. The molecule has 1 fully saturated rings. The second-order valence-corrected chi connectivity index (χ2v) is 5.59. The Balaban J connectivity index is 2.07. The van der Waals surface area contributed by atoms with E-state index in [4.69, 9.17) is 5.11 Å². The molecule has 1 aliphatic heterocycles. The zero-order valence-corrected chi connectivity index (χ0v) is 10.9. The normalized spacial score (nSPS) is 23.5. The Bertz CT molecular complexity index is 364. The van der Waals surface area contributed by atoms with Crippen molar-refractivity contribution in [3.63, 3.8) is 0 Å². The second kappa shape index (κ2) is 5.65. The highest BCUT2D eigenvalue weighted by Crippen LogP contribution is 2.31. The fourth-order valence-electron chi connectivity index (χ4n) is 2.61. The summed E-state index contributed by atoms with van der Waals surface area (Å²) in [5, 5.41) is 11.2. The van der Waals surface area contributed by atoms with Gasteiger partial charge in [0, 0.05) is 17.5 Å². The molecule has 2 rings (SSSR count). The van der Waals surface area contributed by atoms with E-state index in [-0.39, 0.29) is 5.92 Å². The average Bonchev–Trinajstić information content (AvgIpc) is 2.84. The number of carbonyl (C=O) groups is 1. The van der Waals surface area contributed by atoms with Crippen LogP contribution in [0.4, 0.5) is 0 Å².